The number of nitrogens with one attached hydrogen (secondary N) is 1. The lowest BCUT2D eigenvalue weighted by molar-refractivity contribution is -0.143. The summed E-state index contributed by atoms with van der Waals surface area (Å²) >= 11 is 0. The molecule has 1 aliphatic carbocycles. The summed E-state index contributed by atoms with van der Waals surface area (Å²) < 4.78 is 0. The van der Waals surface area contributed by atoms with E-state index < -0.39 is 12.0 Å². The molecule has 2 heterocycles. The van der Waals surface area contributed by atoms with E-state index in [1.54, 1.807) is 0 Å². The van der Waals surface area contributed by atoms with Gasteiger partial charge in [-0.3, -0.25) is 4.90 Å². The summed E-state index contributed by atoms with van der Waals surface area (Å²) in [5.41, 5.74) is 0. The minimum atomic E-state index is -0.883. The first-order valence-corrected chi connectivity index (χ1v) is 7.69. The zero-order valence-electron chi connectivity index (χ0n) is 11.8. The molecule has 0 radical (unpaired) electrons. The van der Waals surface area contributed by atoms with Gasteiger partial charge >= 0.3 is 12.0 Å². The van der Waals surface area contributed by atoms with Gasteiger partial charge < -0.3 is 15.3 Å². The Balaban J connectivity index is 1.53. The van der Waals surface area contributed by atoms with Crippen LogP contribution in [-0.2, 0) is 4.79 Å². The minimum absolute atomic E-state index is 0.180. The van der Waals surface area contributed by atoms with Gasteiger partial charge in [0.25, 0.3) is 0 Å². The SMILES string of the molecule is O=C(O)C1CCCCN1C(=O)NC1CCN(C2CC2)C1. The van der Waals surface area contributed by atoms with Crippen molar-refractivity contribution in [2.75, 3.05) is 19.6 Å². The van der Waals surface area contributed by atoms with Crippen LogP contribution in [0.3, 0.4) is 0 Å². The summed E-state index contributed by atoms with van der Waals surface area (Å²) in [6.07, 6.45) is 5.91. The minimum Gasteiger partial charge on any atom is -0.480 e. The second-order valence-corrected chi connectivity index (χ2v) is 6.20. The van der Waals surface area contributed by atoms with Gasteiger partial charge in [0.1, 0.15) is 6.04 Å². The molecule has 112 valence electrons. The standard InChI is InChI=1S/C14H23N3O3/c18-13(19)12-3-1-2-7-17(12)14(20)15-10-6-8-16(9-10)11-4-5-11/h10-12H,1-9H2,(H,15,20)(H,18,19). The molecule has 0 aromatic rings. The summed E-state index contributed by atoms with van der Waals surface area (Å²) in [6.45, 7) is 2.53. The Morgan fingerprint density at radius 1 is 1.05 bits per heavy atom. The van der Waals surface area contributed by atoms with Gasteiger partial charge in [-0.25, -0.2) is 9.59 Å². The third-order valence-corrected chi connectivity index (χ3v) is 4.66. The number of likely N-dealkylation sites (tertiary alicyclic amines) is 2. The fourth-order valence-corrected chi connectivity index (χ4v) is 3.37. The first-order valence-electron chi connectivity index (χ1n) is 7.69. The van der Waals surface area contributed by atoms with Crippen LogP contribution < -0.4 is 5.32 Å². The van der Waals surface area contributed by atoms with Crippen LogP contribution in [0.15, 0.2) is 0 Å². The quantitative estimate of drug-likeness (QED) is 0.805. The molecule has 6 nitrogen and oxygen atoms in total. The normalized spacial score (nSPS) is 31.3. The van der Waals surface area contributed by atoms with Crippen molar-refractivity contribution in [3.8, 4) is 0 Å². The largest absolute Gasteiger partial charge is 0.480 e. The highest BCUT2D eigenvalue weighted by Gasteiger charge is 2.37. The molecule has 2 unspecified atom stereocenters. The zero-order valence-corrected chi connectivity index (χ0v) is 11.8. The smallest absolute Gasteiger partial charge is 0.326 e. The molecule has 2 saturated heterocycles. The predicted molar refractivity (Wildman–Crippen MR) is 73.5 cm³/mol. The van der Waals surface area contributed by atoms with Crippen LogP contribution in [0, 0.1) is 0 Å². The van der Waals surface area contributed by atoms with Crippen molar-refractivity contribution in [3.63, 3.8) is 0 Å². The average molecular weight is 281 g/mol. The van der Waals surface area contributed by atoms with E-state index in [1.165, 1.54) is 17.7 Å². The molecule has 0 aromatic carbocycles. The van der Waals surface area contributed by atoms with Crippen LogP contribution in [0.25, 0.3) is 0 Å². The van der Waals surface area contributed by atoms with Crippen molar-refractivity contribution in [1.82, 2.24) is 15.1 Å². The molecule has 1 saturated carbocycles. The monoisotopic (exact) mass is 281 g/mol. The van der Waals surface area contributed by atoms with Crippen LogP contribution >= 0.6 is 0 Å². The predicted octanol–water partition coefficient (Wildman–Crippen LogP) is 0.872. The number of urea groups is 1. The molecule has 0 spiro atoms. The number of aliphatic carboxylic acids is 1. The fraction of sp³-hybridized carbons (Fsp3) is 0.857. The molecule has 6 heteroatoms. The Kier molecular flexibility index (Phi) is 3.83. The number of hydrogen-bond acceptors (Lipinski definition) is 3. The van der Waals surface area contributed by atoms with E-state index in [2.05, 4.69) is 10.2 Å². The number of piperidine rings is 1. The van der Waals surface area contributed by atoms with Crippen LogP contribution in [0.5, 0.6) is 0 Å². The van der Waals surface area contributed by atoms with Gasteiger partial charge in [-0.1, -0.05) is 0 Å². The highest BCUT2D eigenvalue weighted by Crippen LogP contribution is 2.29. The fourth-order valence-electron chi connectivity index (χ4n) is 3.37. The number of nitrogens with zero attached hydrogens (tertiary/aromatic N) is 2. The first-order chi connectivity index (χ1) is 9.65. The summed E-state index contributed by atoms with van der Waals surface area (Å²) in [6, 6.07) is 0.0718. The highest BCUT2D eigenvalue weighted by atomic mass is 16.4. The Labute approximate surface area is 119 Å². The summed E-state index contributed by atoms with van der Waals surface area (Å²) in [5, 5.41) is 12.2. The van der Waals surface area contributed by atoms with Gasteiger partial charge in [0.15, 0.2) is 0 Å². The Hall–Kier alpha value is -1.30. The van der Waals surface area contributed by atoms with Gasteiger partial charge in [0.2, 0.25) is 0 Å². The number of rotatable bonds is 3. The van der Waals surface area contributed by atoms with Crippen molar-refractivity contribution < 1.29 is 14.7 Å². The van der Waals surface area contributed by atoms with Crippen molar-refractivity contribution in [1.29, 1.82) is 0 Å². The van der Waals surface area contributed by atoms with E-state index in [0.29, 0.717) is 13.0 Å². The van der Waals surface area contributed by atoms with E-state index in [1.807, 2.05) is 0 Å². The molecule has 2 aliphatic heterocycles. The summed E-state index contributed by atoms with van der Waals surface area (Å²) in [5.74, 6) is -0.883. The van der Waals surface area contributed by atoms with Gasteiger partial charge in [-0.05, 0) is 38.5 Å². The lowest BCUT2D eigenvalue weighted by Gasteiger charge is -2.33. The molecule has 3 rings (SSSR count). The summed E-state index contributed by atoms with van der Waals surface area (Å²) in [4.78, 5) is 27.5. The molecule has 3 fully saturated rings. The van der Waals surface area contributed by atoms with Crippen LogP contribution in [0.1, 0.15) is 38.5 Å². The molecular formula is C14H23N3O3. The lowest BCUT2D eigenvalue weighted by Crippen LogP contribution is -2.54. The van der Waals surface area contributed by atoms with Crippen molar-refractivity contribution in [3.05, 3.63) is 0 Å². The van der Waals surface area contributed by atoms with Crippen molar-refractivity contribution in [2.24, 2.45) is 0 Å². The number of hydrogen-bond donors (Lipinski definition) is 2. The maximum atomic E-state index is 12.3. The number of carbonyl (C=O) groups excluding carboxylic acids is 1. The van der Waals surface area contributed by atoms with E-state index in [0.717, 1.165) is 38.4 Å². The molecule has 2 atom stereocenters. The third kappa shape index (κ3) is 2.90. The number of amides is 2. The topological polar surface area (TPSA) is 72.9 Å². The highest BCUT2D eigenvalue weighted by molar-refractivity contribution is 5.83. The molecule has 0 aromatic heterocycles. The third-order valence-electron chi connectivity index (χ3n) is 4.66. The maximum Gasteiger partial charge on any atom is 0.326 e. The lowest BCUT2D eigenvalue weighted by atomic mass is 10.0. The molecule has 0 bridgehead atoms. The van der Waals surface area contributed by atoms with E-state index in [4.69, 9.17) is 0 Å². The first kappa shape index (κ1) is 13.7. The number of carboxylic acids is 1. The molecule has 20 heavy (non-hydrogen) atoms. The van der Waals surface area contributed by atoms with Crippen LogP contribution in [-0.4, -0.2) is 64.7 Å². The summed E-state index contributed by atoms with van der Waals surface area (Å²) in [7, 11) is 0. The molecule has 3 aliphatic rings. The average Bonchev–Trinajstić information content (AvgIpc) is 3.19. The number of carbonyl (C=O) groups is 2. The molecule has 2 amide bonds. The Morgan fingerprint density at radius 2 is 1.85 bits per heavy atom. The second kappa shape index (κ2) is 5.60. The Bertz CT molecular complexity index is 397. The van der Waals surface area contributed by atoms with Crippen LogP contribution in [0.2, 0.25) is 0 Å². The zero-order chi connectivity index (χ0) is 14.1. The van der Waals surface area contributed by atoms with Gasteiger partial charge in [-0.2, -0.15) is 0 Å². The Morgan fingerprint density at radius 3 is 2.55 bits per heavy atom. The second-order valence-electron chi connectivity index (χ2n) is 6.20. The van der Waals surface area contributed by atoms with E-state index in [-0.39, 0.29) is 12.1 Å². The van der Waals surface area contributed by atoms with E-state index >= 15 is 0 Å². The molecule has 2 N–H and O–H groups in total. The van der Waals surface area contributed by atoms with Crippen molar-refractivity contribution in [2.45, 2.75) is 56.7 Å². The molecular weight excluding hydrogens is 258 g/mol. The van der Waals surface area contributed by atoms with Crippen molar-refractivity contribution >= 4 is 12.0 Å². The maximum absolute atomic E-state index is 12.3. The van der Waals surface area contributed by atoms with Gasteiger partial charge in [0, 0.05) is 31.7 Å². The van der Waals surface area contributed by atoms with E-state index in [9.17, 15) is 14.7 Å². The van der Waals surface area contributed by atoms with Gasteiger partial charge in [0.05, 0.1) is 0 Å². The number of carboxylic acid groups (broad SMARTS) is 1. The van der Waals surface area contributed by atoms with Crippen LogP contribution in [0.4, 0.5) is 4.79 Å². The van der Waals surface area contributed by atoms with Gasteiger partial charge in [-0.15, -0.1) is 0 Å².